The molecule has 2 N–H and O–H groups in total. The number of carbonyl (C=O) groups excluding carboxylic acids is 2. The summed E-state index contributed by atoms with van der Waals surface area (Å²) in [4.78, 5) is 53.3. The van der Waals surface area contributed by atoms with Crippen LogP contribution in [0.3, 0.4) is 0 Å². The van der Waals surface area contributed by atoms with E-state index in [4.69, 9.17) is 9.97 Å². The molecule has 0 saturated carbocycles. The van der Waals surface area contributed by atoms with Crippen molar-refractivity contribution in [2.45, 2.75) is 50.4 Å². The van der Waals surface area contributed by atoms with Crippen molar-refractivity contribution in [1.29, 1.82) is 0 Å². The summed E-state index contributed by atoms with van der Waals surface area (Å²) in [5.74, 6) is -0.475. The van der Waals surface area contributed by atoms with Crippen LogP contribution in [-0.4, -0.2) is 41.7 Å². The average molecular weight is 1010 g/mol. The molecule has 0 unspecified atom stereocenters. The van der Waals surface area contributed by atoms with Gasteiger partial charge >= 0.3 is 0 Å². The molecule has 2 aliphatic rings. The first kappa shape index (κ1) is 48.0. The van der Waals surface area contributed by atoms with E-state index in [0.717, 1.165) is 44.8 Å². The highest BCUT2D eigenvalue weighted by molar-refractivity contribution is 7.14. The predicted octanol–water partition coefficient (Wildman–Crippen LogP) is 12.6. The minimum Gasteiger partial charge on any atom is -0.302 e. The fraction of sp³-hybridized carbons (Fsp3) is 0.161. The SMILES string of the molecule is C[C@]1(c2ccncc2)c2ccccc2C[C@@H]1C(=O)Nc1nc(Cc2ccc(-c3ccncc3)cc2)cs1.C[C@]1(c2ccncc2)c2ccccc2C[C@@H]1C(=O)Nc1nc(Cc2ccc(-c3ccncc3)cc2)cs1. The lowest BCUT2D eigenvalue weighted by molar-refractivity contribution is -0.121. The number of aromatic nitrogens is 6. The summed E-state index contributed by atoms with van der Waals surface area (Å²) in [6, 6.07) is 49.8. The zero-order valence-electron chi connectivity index (χ0n) is 40.9. The smallest absolute Gasteiger partial charge is 0.230 e. The number of amides is 2. The Morgan fingerprint density at radius 1 is 0.459 bits per heavy atom. The lowest BCUT2D eigenvalue weighted by Crippen LogP contribution is -2.38. The number of pyridine rings is 4. The van der Waals surface area contributed by atoms with Gasteiger partial charge in [-0.15, -0.1) is 22.7 Å². The van der Waals surface area contributed by atoms with Crippen LogP contribution in [0.1, 0.15) is 69.7 Å². The summed E-state index contributed by atoms with van der Waals surface area (Å²) in [5, 5.41) is 11.6. The Bertz CT molecular complexity index is 3300. The molecule has 364 valence electrons. The van der Waals surface area contributed by atoms with Crippen molar-refractivity contribution in [2.24, 2.45) is 11.8 Å². The van der Waals surface area contributed by atoms with Gasteiger partial charge in [0.2, 0.25) is 11.8 Å². The Morgan fingerprint density at radius 2 is 0.797 bits per heavy atom. The van der Waals surface area contributed by atoms with Crippen LogP contribution in [0.15, 0.2) is 206 Å². The van der Waals surface area contributed by atoms with E-state index in [0.29, 0.717) is 35.9 Å². The van der Waals surface area contributed by atoms with Gasteiger partial charge in [-0.1, -0.05) is 111 Å². The Kier molecular flexibility index (Phi) is 13.6. The van der Waals surface area contributed by atoms with Crippen molar-refractivity contribution in [1.82, 2.24) is 29.9 Å². The highest BCUT2D eigenvalue weighted by Gasteiger charge is 2.49. The number of fused-ring (bicyclic) bond motifs is 2. The Morgan fingerprint density at radius 3 is 1.18 bits per heavy atom. The fourth-order valence-corrected chi connectivity index (χ4v) is 12.3. The third-order valence-electron chi connectivity index (χ3n) is 14.9. The van der Waals surface area contributed by atoms with Gasteiger partial charge in [0.05, 0.1) is 23.2 Å². The van der Waals surface area contributed by atoms with Crippen LogP contribution in [0.25, 0.3) is 22.3 Å². The summed E-state index contributed by atoms with van der Waals surface area (Å²) in [6.45, 7) is 4.34. The second-order valence-corrected chi connectivity index (χ2v) is 20.9. The Hall–Kier alpha value is -8.32. The van der Waals surface area contributed by atoms with Gasteiger partial charge in [-0.05, 0) is 128 Å². The van der Waals surface area contributed by atoms with Crippen molar-refractivity contribution in [2.75, 3.05) is 10.6 Å². The molecule has 0 radical (unpaired) electrons. The van der Waals surface area contributed by atoms with Gasteiger partial charge in [-0.25, -0.2) is 9.97 Å². The molecule has 10 aromatic rings. The normalized spacial score (nSPS) is 18.4. The monoisotopic (exact) mass is 1000 g/mol. The standard InChI is InChI=1S/2C31H26N4OS/c2*1-31(25-12-16-33-17-13-25)27-5-3-2-4-24(27)19-28(31)29(36)35-30-34-26(20-37-30)18-21-6-8-22(9-7-21)23-10-14-32-15-11-23/h2*2-17,20,28H,18-19H2,1H3,(H,34,35,36)/t2*28-,31+/m11/s1. The molecule has 2 aliphatic carbocycles. The van der Waals surface area contributed by atoms with Crippen LogP contribution in [0.5, 0.6) is 0 Å². The number of thiazole rings is 2. The Balaban J connectivity index is 0.000000159. The molecule has 0 bridgehead atoms. The van der Waals surface area contributed by atoms with Crippen LogP contribution in [0, 0.1) is 11.8 Å². The zero-order valence-corrected chi connectivity index (χ0v) is 42.6. The summed E-state index contributed by atoms with van der Waals surface area (Å²) in [7, 11) is 0. The molecule has 0 saturated heterocycles. The third kappa shape index (κ3) is 9.81. The van der Waals surface area contributed by atoms with Gasteiger partial charge in [0.1, 0.15) is 0 Å². The molecule has 6 aromatic heterocycles. The summed E-state index contributed by atoms with van der Waals surface area (Å²) in [6.07, 6.45) is 17.2. The van der Waals surface area contributed by atoms with E-state index in [9.17, 15) is 9.59 Å². The molecule has 4 aromatic carbocycles. The van der Waals surface area contributed by atoms with Crippen molar-refractivity contribution >= 4 is 44.8 Å². The number of nitrogens with one attached hydrogen (secondary N) is 2. The lowest BCUT2D eigenvalue weighted by Gasteiger charge is -2.32. The van der Waals surface area contributed by atoms with Crippen LogP contribution < -0.4 is 10.6 Å². The third-order valence-corrected chi connectivity index (χ3v) is 16.5. The first-order valence-electron chi connectivity index (χ1n) is 24.7. The van der Waals surface area contributed by atoms with Gasteiger partial charge in [0, 0.05) is 84.0 Å². The maximum atomic E-state index is 13.6. The minimum absolute atomic E-state index is 0.00174. The number of rotatable bonds is 12. The van der Waals surface area contributed by atoms with E-state index in [-0.39, 0.29) is 23.7 Å². The quantitative estimate of drug-likeness (QED) is 0.124. The Labute approximate surface area is 438 Å². The molecule has 0 spiro atoms. The number of hydrogen-bond acceptors (Lipinski definition) is 10. The van der Waals surface area contributed by atoms with Gasteiger partial charge in [-0.2, -0.15) is 0 Å². The first-order valence-corrected chi connectivity index (χ1v) is 26.5. The van der Waals surface area contributed by atoms with E-state index in [1.165, 1.54) is 56.1 Å². The zero-order chi connectivity index (χ0) is 50.5. The maximum absolute atomic E-state index is 13.6. The number of nitrogens with zero attached hydrogens (tertiary/aromatic N) is 6. The van der Waals surface area contributed by atoms with Gasteiger partial charge in [0.15, 0.2) is 10.3 Å². The molecule has 12 rings (SSSR count). The molecule has 6 heterocycles. The summed E-state index contributed by atoms with van der Waals surface area (Å²) >= 11 is 2.95. The highest BCUT2D eigenvalue weighted by Crippen LogP contribution is 2.49. The van der Waals surface area contributed by atoms with E-state index < -0.39 is 10.8 Å². The minimum atomic E-state index is -0.430. The molecule has 4 atom stereocenters. The first-order chi connectivity index (χ1) is 36.2. The van der Waals surface area contributed by atoms with Crippen LogP contribution >= 0.6 is 22.7 Å². The molecular formula is C62H52N8O2S2. The lowest BCUT2D eigenvalue weighted by atomic mass is 9.71. The topological polar surface area (TPSA) is 136 Å². The molecule has 12 heteroatoms. The van der Waals surface area contributed by atoms with Crippen LogP contribution in [0.2, 0.25) is 0 Å². The molecular weight excluding hydrogens is 953 g/mol. The second kappa shape index (κ2) is 21.0. The van der Waals surface area contributed by atoms with Crippen LogP contribution in [0.4, 0.5) is 10.3 Å². The van der Waals surface area contributed by atoms with Crippen molar-refractivity contribution < 1.29 is 9.59 Å². The van der Waals surface area contributed by atoms with E-state index in [2.05, 4.69) is 129 Å². The van der Waals surface area contributed by atoms with Crippen molar-refractivity contribution in [3.8, 4) is 22.3 Å². The van der Waals surface area contributed by atoms with Gasteiger partial charge in [-0.3, -0.25) is 29.5 Å². The number of carbonyl (C=O) groups is 2. The van der Waals surface area contributed by atoms with Crippen molar-refractivity contribution in [3.63, 3.8) is 0 Å². The molecule has 10 nitrogen and oxygen atoms in total. The number of benzene rings is 4. The van der Waals surface area contributed by atoms with Crippen LogP contribution in [-0.2, 0) is 46.1 Å². The predicted molar refractivity (Wildman–Crippen MR) is 295 cm³/mol. The molecule has 0 aliphatic heterocycles. The molecule has 2 amide bonds. The summed E-state index contributed by atoms with van der Waals surface area (Å²) in [5.41, 5.74) is 15.1. The number of hydrogen-bond donors (Lipinski definition) is 2. The van der Waals surface area contributed by atoms with E-state index in [1.54, 1.807) is 49.6 Å². The number of anilines is 2. The van der Waals surface area contributed by atoms with E-state index >= 15 is 0 Å². The highest BCUT2D eigenvalue weighted by atomic mass is 32.1. The maximum Gasteiger partial charge on any atom is 0.230 e. The summed E-state index contributed by atoms with van der Waals surface area (Å²) < 4.78 is 0. The van der Waals surface area contributed by atoms with Crippen molar-refractivity contribution in [3.05, 3.63) is 262 Å². The average Bonchev–Trinajstić information content (AvgIpc) is 4.25. The molecule has 74 heavy (non-hydrogen) atoms. The van der Waals surface area contributed by atoms with Gasteiger partial charge in [0.25, 0.3) is 0 Å². The fourth-order valence-electron chi connectivity index (χ4n) is 10.9. The van der Waals surface area contributed by atoms with E-state index in [1.807, 2.05) is 71.4 Å². The second-order valence-electron chi connectivity index (χ2n) is 19.2. The largest absolute Gasteiger partial charge is 0.302 e. The molecule has 0 fully saturated rings. The van der Waals surface area contributed by atoms with Gasteiger partial charge < -0.3 is 10.6 Å².